The Morgan fingerprint density at radius 1 is 1.56 bits per heavy atom. The number of fused-ring (bicyclic) bond motifs is 1. The van der Waals surface area contributed by atoms with Crippen LogP contribution >= 0.6 is 0 Å². The lowest BCUT2D eigenvalue weighted by atomic mass is 9.96. The van der Waals surface area contributed by atoms with Crippen LogP contribution in [-0.4, -0.2) is 21.0 Å². The molecular formula is C14H16N2O2. The van der Waals surface area contributed by atoms with Crippen LogP contribution in [0.2, 0.25) is 0 Å². The van der Waals surface area contributed by atoms with E-state index in [0.717, 1.165) is 22.4 Å². The number of benzene rings is 1. The van der Waals surface area contributed by atoms with Gasteiger partial charge in [-0.1, -0.05) is 13.0 Å². The van der Waals surface area contributed by atoms with E-state index < -0.39 is 11.9 Å². The average molecular weight is 244 g/mol. The molecule has 1 atom stereocenters. The molecule has 0 spiro atoms. The molecule has 1 fully saturated rings. The Hall–Kier alpha value is -1.84. The number of rotatable bonds is 4. The zero-order chi connectivity index (χ0) is 12.7. The number of aromatic nitrogens is 2. The van der Waals surface area contributed by atoms with Crippen LogP contribution in [0.3, 0.4) is 0 Å². The largest absolute Gasteiger partial charge is 0.481 e. The molecule has 2 aromatic rings. The molecule has 1 aliphatic carbocycles. The lowest BCUT2D eigenvalue weighted by Gasteiger charge is -2.09. The van der Waals surface area contributed by atoms with Gasteiger partial charge < -0.3 is 10.1 Å². The van der Waals surface area contributed by atoms with Gasteiger partial charge in [0.25, 0.3) is 0 Å². The number of carboxylic acid groups (broad SMARTS) is 1. The molecule has 0 amide bonds. The van der Waals surface area contributed by atoms with Gasteiger partial charge in [0.2, 0.25) is 0 Å². The van der Waals surface area contributed by atoms with Gasteiger partial charge >= 0.3 is 5.97 Å². The summed E-state index contributed by atoms with van der Waals surface area (Å²) < 4.78 is 0. The van der Waals surface area contributed by atoms with E-state index in [1.54, 1.807) is 0 Å². The number of carboxylic acids is 1. The minimum Gasteiger partial charge on any atom is -0.481 e. The third kappa shape index (κ3) is 1.88. The standard InChI is InChI=1S/C14H16N2O2/c1-2-10(14(17)18)9-5-6-11-12(7-9)16-13(15-11)8-3-4-8/h5-8,10H,2-4H2,1H3,(H,15,16)(H,17,18). The number of carbonyl (C=O) groups is 1. The Bertz CT molecular complexity index is 599. The second-order valence-corrected chi connectivity index (χ2v) is 4.97. The van der Waals surface area contributed by atoms with Gasteiger partial charge in [0.1, 0.15) is 5.82 Å². The minimum atomic E-state index is -0.765. The van der Waals surface area contributed by atoms with Crippen LogP contribution in [0.4, 0.5) is 0 Å². The van der Waals surface area contributed by atoms with Crippen molar-refractivity contribution < 1.29 is 9.90 Å². The van der Waals surface area contributed by atoms with E-state index in [1.807, 2.05) is 25.1 Å². The number of H-pyrrole nitrogens is 1. The summed E-state index contributed by atoms with van der Waals surface area (Å²) in [6, 6.07) is 5.72. The van der Waals surface area contributed by atoms with Crippen LogP contribution in [0, 0.1) is 0 Å². The van der Waals surface area contributed by atoms with Crippen molar-refractivity contribution in [2.24, 2.45) is 0 Å². The summed E-state index contributed by atoms with van der Waals surface area (Å²) in [4.78, 5) is 19.0. The monoisotopic (exact) mass is 244 g/mol. The van der Waals surface area contributed by atoms with Crippen molar-refractivity contribution >= 4 is 17.0 Å². The van der Waals surface area contributed by atoms with Gasteiger partial charge in [0.05, 0.1) is 17.0 Å². The molecule has 18 heavy (non-hydrogen) atoms. The Labute approximate surface area is 105 Å². The van der Waals surface area contributed by atoms with Crippen LogP contribution in [0.5, 0.6) is 0 Å². The Morgan fingerprint density at radius 2 is 2.33 bits per heavy atom. The summed E-state index contributed by atoms with van der Waals surface area (Å²) in [5, 5.41) is 9.18. The number of nitrogens with zero attached hydrogens (tertiary/aromatic N) is 1. The van der Waals surface area contributed by atoms with Gasteiger partial charge in [-0.05, 0) is 37.0 Å². The maximum atomic E-state index is 11.2. The van der Waals surface area contributed by atoms with Gasteiger partial charge in [-0.3, -0.25) is 4.79 Å². The van der Waals surface area contributed by atoms with E-state index in [9.17, 15) is 9.90 Å². The molecule has 94 valence electrons. The minimum absolute atomic E-state index is 0.429. The highest BCUT2D eigenvalue weighted by Gasteiger charge is 2.27. The van der Waals surface area contributed by atoms with Crippen LogP contribution < -0.4 is 0 Å². The molecule has 0 saturated heterocycles. The van der Waals surface area contributed by atoms with Gasteiger partial charge in [-0.15, -0.1) is 0 Å². The Balaban J connectivity index is 2.01. The van der Waals surface area contributed by atoms with E-state index in [-0.39, 0.29) is 0 Å². The molecule has 1 saturated carbocycles. The first-order chi connectivity index (χ1) is 8.69. The summed E-state index contributed by atoms with van der Waals surface area (Å²) >= 11 is 0. The van der Waals surface area contributed by atoms with E-state index in [4.69, 9.17) is 0 Å². The first kappa shape index (κ1) is 11.3. The zero-order valence-electron chi connectivity index (χ0n) is 10.3. The SMILES string of the molecule is CCC(C(=O)O)c1ccc2nc(C3CC3)[nH]c2c1. The predicted molar refractivity (Wildman–Crippen MR) is 68.7 cm³/mol. The van der Waals surface area contributed by atoms with Gasteiger partial charge in [-0.25, -0.2) is 4.98 Å². The zero-order valence-corrected chi connectivity index (χ0v) is 10.3. The van der Waals surface area contributed by atoms with Gasteiger partial charge in [-0.2, -0.15) is 0 Å². The van der Waals surface area contributed by atoms with Gasteiger partial charge in [0.15, 0.2) is 0 Å². The van der Waals surface area contributed by atoms with Crippen molar-refractivity contribution in [1.82, 2.24) is 9.97 Å². The van der Waals surface area contributed by atoms with E-state index in [2.05, 4.69) is 9.97 Å². The molecule has 4 heteroatoms. The molecule has 0 bridgehead atoms. The molecule has 1 aromatic heterocycles. The van der Waals surface area contributed by atoms with Gasteiger partial charge in [0, 0.05) is 5.92 Å². The van der Waals surface area contributed by atoms with Crippen molar-refractivity contribution in [3.05, 3.63) is 29.6 Å². The molecule has 4 nitrogen and oxygen atoms in total. The number of hydrogen-bond donors (Lipinski definition) is 2. The molecule has 1 aliphatic rings. The molecule has 0 aliphatic heterocycles. The smallest absolute Gasteiger partial charge is 0.310 e. The van der Waals surface area contributed by atoms with Crippen LogP contribution in [0.15, 0.2) is 18.2 Å². The summed E-state index contributed by atoms with van der Waals surface area (Å²) in [6.07, 6.45) is 3.02. The van der Waals surface area contributed by atoms with Crippen LogP contribution in [0.25, 0.3) is 11.0 Å². The predicted octanol–water partition coefficient (Wildman–Crippen LogP) is 3.02. The van der Waals surface area contributed by atoms with Crippen molar-refractivity contribution in [2.45, 2.75) is 38.0 Å². The first-order valence-electron chi connectivity index (χ1n) is 6.41. The molecular weight excluding hydrogens is 228 g/mol. The number of nitrogens with one attached hydrogen (secondary N) is 1. The molecule has 1 unspecified atom stereocenters. The van der Waals surface area contributed by atoms with E-state index in [0.29, 0.717) is 12.3 Å². The Morgan fingerprint density at radius 3 is 2.94 bits per heavy atom. The lowest BCUT2D eigenvalue weighted by Crippen LogP contribution is -2.10. The lowest BCUT2D eigenvalue weighted by molar-refractivity contribution is -0.138. The molecule has 1 aromatic carbocycles. The number of aromatic amines is 1. The molecule has 0 radical (unpaired) electrons. The van der Waals surface area contributed by atoms with E-state index in [1.165, 1.54) is 12.8 Å². The topological polar surface area (TPSA) is 66.0 Å². The second-order valence-electron chi connectivity index (χ2n) is 4.97. The van der Waals surface area contributed by atoms with Crippen LogP contribution in [-0.2, 0) is 4.79 Å². The van der Waals surface area contributed by atoms with E-state index >= 15 is 0 Å². The van der Waals surface area contributed by atoms with Crippen molar-refractivity contribution in [3.8, 4) is 0 Å². The third-order valence-corrected chi connectivity index (χ3v) is 3.60. The van der Waals surface area contributed by atoms with Crippen molar-refractivity contribution in [2.75, 3.05) is 0 Å². The average Bonchev–Trinajstić information content (AvgIpc) is 3.10. The first-order valence-corrected chi connectivity index (χ1v) is 6.41. The molecule has 2 N–H and O–H groups in total. The van der Waals surface area contributed by atoms with Crippen molar-refractivity contribution in [3.63, 3.8) is 0 Å². The number of aliphatic carboxylic acids is 1. The summed E-state index contributed by atoms with van der Waals surface area (Å²) in [6.45, 7) is 1.89. The highest BCUT2D eigenvalue weighted by molar-refractivity contribution is 5.81. The van der Waals surface area contributed by atoms with Crippen LogP contribution in [0.1, 0.15) is 49.4 Å². The summed E-state index contributed by atoms with van der Waals surface area (Å²) in [5.41, 5.74) is 2.73. The number of imidazole rings is 1. The third-order valence-electron chi connectivity index (χ3n) is 3.60. The fourth-order valence-electron chi connectivity index (χ4n) is 2.37. The Kier molecular flexibility index (Phi) is 2.58. The molecule has 3 rings (SSSR count). The summed E-state index contributed by atoms with van der Waals surface area (Å²) in [7, 11) is 0. The molecule has 1 heterocycles. The fourth-order valence-corrected chi connectivity index (χ4v) is 2.37. The quantitative estimate of drug-likeness (QED) is 0.868. The fraction of sp³-hybridized carbons (Fsp3) is 0.429. The maximum absolute atomic E-state index is 11.2. The second kappa shape index (κ2) is 4.12. The summed E-state index contributed by atoms with van der Waals surface area (Å²) in [5.74, 6) is 0.439. The van der Waals surface area contributed by atoms with Crippen molar-refractivity contribution in [1.29, 1.82) is 0 Å². The number of hydrogen-bond acceptors (Lipinski definition) is 2. The highest BCUT2D eigenvalue weighted by atomic mass is 16.4. The normalized spacial score (nSPS) is 16.9. The maximum Gasteiger partial charge on any atom is 0.310 e. The highest BCUT2D eigenvalue weighted by Crippen LogP contribution is 2.39.